The zero-order valence-corrected chi connectivity index (χ0v) is 17.6. The van der Waals surface area contributed by atoms with Crippen LogP contribution in [-0.4, -0.2) is 23.9 Å². The molecule has 1 fully saturated rings. The van der Waals surface area contributed by atoms with E-state index in [4.69, 9.17) is 4.74 Å². The Morgan fingerprint density at radius 1 is 1.00 bits per heavy atom. The molecule has 1 aliphatic rings. The van der Waals surface area contributed by atoms with Crippen molar-refractivity contribution in [3.8, 4) is 0 Å². The number of ether oxygens (including phenoxy) is 1. The summed E-state index contributed by atoms with van der Waals surface area (Å²) in [5.41, 5.74) is 3.05. The molecule has 6 nitrogen and oxygen atoms in total. The van der Waals surface area contributed by atoms with Crippen LogP contribution in [0.15, 0.2) is 48.5 Å². The first-order chi connectivity index (χ1) is 14.3. The molecule has 30 heavy (non-hydrogen) atoms. The van der Waals surface area contributed by atoms with E-state index >= 15 is 0 Å². The fourth-order valence-electron chi connectivity index (χ4n) is 3.07. The quantitative estimate of drug-likeness (QED) is 0.643. The van der Waals surface area contributed by atoms with E-state index in [-0.39, 0.29) is 36.2 Å². The smallest absolute Gasteiger partial charge is 0.308 e. The Morgan fingerprint density at radius 2 is 1.63 bits per heavy atom. The normalized spacial score (nSPS) is 14.1. The van der Waals surface area contributed by atoms with Crippen molar-refractivity contribution in [1.29, 1.82) is 0 Å². The van der Waals surface area contributed by atoms with Crippen LogP contribution >= 0.6 is 0 Å². The van der Waals surface area contributed by atoms with Crippen LogP contribution in [0.5, 0.6) is 0 Å². The lowest BCUT2D eigenvalue weighted by Crippen LogP contribution is -2.31. The van der Waals surface area contributed by atoms with Crippen LogP contribution in [0.4, 0.5) is 5.69 Å². The van der Waals surface area contributed by atoms with Crippen LogP contribution in [0.1, 0.15) is 60.6 Å². The number of nitrogens with one attached hydrogen (secondary N) is 2. The van der Waals surface area contributed by atoms with E-state index in [0.717, 1.165) is 24.0 Å². The molecule has 0 heterocycles. The number of aryl methyl sites for hydroxylation is 1. The summed E-state index contributed by atoms with van der Waals surface area (Å²) in [6.07, 6.45) is 1.70. The van der Waals surface area contributed by atoms with Crippen molar-refractivity contribution in [2.24, 2.45) is 5.92 Å². The average molecular weight is 408 g/mol. The van der Waals surface area contributed by atoms with Crippen molar-refractivity contribution < 1.29 is 19.1 Å². The van der Waals surface area contributed by atoms with Gasteiger partial charge in [-0.15, -0.1) is 0 Å². The lowest BCUT2D eigenvalue weighted by molar-refractivity contribution is -0.148. The van der Waals surface area contributed by atoms with Gasteiger partial charge >= 0.3 is 5.97 Å². The molecule has 0 aliphatic heterocycles. The lowest BCUT2D eigenvalue weighted by atomic mass is 10.0. The van der Waals surface area contributed by atoms with Crippen LogP contribution < -0.4 is 10.6 Å². The molecule has 0 saturated heterocycles. The maximum absolute atomic E-state index is 12.8. The third-order valence-corrected chi connectivity index (χ3v) is 4.89. The molecule has 0 bridgehead atoms. The molecule has 0 aromatic heterocycles. The van der Waals surface area contributed by atoms with Gasteiger partial charge < -0.3 is 15.4 Å². The highest BCUT2D eigenvalue weighted by molar-refractivity contribution is 5.97. The first-order valence-electron chi connectivity index (χ1n) is 10.3. The number of esters is 1. The largest absolute Gasteiger partial charge is 0.463 e. The Balaban J connectivity index is 1.69. The number of anilines is 1. The van der Waals surface area contributed by atoms with Gasteiger partial charge in [-0.1, -0.05) is 29.8 Å². The van der Waals surface area contributed by atoms with Gasteiger partial charge in [0.2, 0.25) is 5.91 Å². The first-order valence-corrected chi connectivity index (χ1v) is 10.3. The molecule has 0 radical (unpaired) electrons. The summed E-state index contributed by atoms with van der Waals surface area (Å²) in [4.78, 5) is 36.9. The number of hydrogen-bond donors (Lipinski definition) is 2. The van der Waals surface area contributed by atoms with Gasteiger partial charge in [-0.05, 0) is 63.4 Å². The summed E-state index contributed by atoms with van der Waals surface area (Å²) < 4.78 is 5.26. The highest BCUT2D eigenvalue weighted by atomic mass is 16.5. The molecular weight excluding hydrogens is 380 g/mol. The zero-order chi connectivity index (χ0) is 21.7. The second-order valence-corrected chi connectivity index (χ2v) is 8.02. The average Bonchev–Trinajstić information content (AvgIpc) is 3.53. The van der Waals surface area contributed by atoms with Crippen LogP contribution in [-0.2, 0) is 14.3 Å². The highest BCUT2D eigenvalue weighted by Crippen LogP contribution is 2.30. The summed E-state index contributed by atoms with van der Waals surface area (Å²) >= 11 is 0. The summed E-state index contributed by atoms with van der Waals surface area (Å²) in [5.74, 6) is -0.517. The van der Waals surface area contributed by atoms with Gasteiger partial charge in [0.05, 0.1) is 18.6 Å². The zero-order valence-electron chi connectivity index (χ0n) is 17.6. The molecule has 3 rings (SSSR count). The molecule has 1 unspecified atom stereocenters. The number of carbonyl (C=O) groups is 3. The Kier molecular flexibility index (Phi) is 6.87. The number of benzene rings is 2. The van der Waals surface area contributed by atoms with Gasteiger partial charge in [-0.25, -0.2) is 0 Å². The van der Waals surface area contributed by atoms with Crippen molar-refractivity contribution in [3.05, 3.63) is 65.2 Å². The van der Waals surface area contributed by atoms with Crippen molar-refractivity contribution >= 4 is 23.5 Å². The molecule has 1 aliphatic carbocycles. The van der Waals surface area contributed by atoms with Crippen molar-refractivity contribution in [2.75, 3.05) is 5.32 Å². The SMILES string of the molecule is Cc1ccc(C(CC(=O)OC(C)C)NC(=O)c2ccc(NC(=O)C3CC3)cc2)cc1. The minimum Gasteiger partial charge on any atom is -0.463 e. The van der Waals surface area contributed by atoms with Crippen LogP contribution in [0.3, 0.4) is 0 Å². The number of hydrogen-bond acceptors (Lipinski definition) is 4. The van der Waals surface area contributed by atoms with E-state index in [9.17, 15) is 14.4 Å². The van der Waals surface area contributed by atoms with Crippen LogP contribution in [0.2, 0.25) is 0 Å². The van der Waals surface area contributed by atoms with E-state index in [2.05, 4.69) is 10.6 Å². The molecule has 158 valence electrons. The molecule has 0 spiro atoms. The summed E-state index contributed by atoms with van der Waals surface area (Å²) in [5, 5.41) is 5.79. The van der Waals surface area contributed by atoms with E-state index in [0.29, 0.717) is 11.3 Å². The second-order valence-electron chi connectivity index (χ2n) is 8.02. The Labute approximate surface area is 177 Å². The molecule has 2 N–H and O–H groups in total. The fourth-order valence-corrected chi connectivity index (χ4v) is 3.07. The Bertz CT molecular complexity index is 900. The Morgan fingerprint density at radius 3 is 2.20 bits per heavy atom. The number of rotatable bonds is 8. The van der Waals surface area contributed by atoms with Crippen molar-refractivity contribution in [3.63, 3.8) is 0 Å². The van der Waals surface area contributed by atoms with Gasteiger partial charge in [0.15, 0.2) is 0 Å². The van der Waals surface area contributed by atoms with E-state index in [1.54, 1.807) is 38.1 Å². The predicted octanol–water partition coefficient (Wildman–Crippen LogP) is 4.16. The monoisotopic (exact) mass is 408 g/mol. The molecule has 2 aromatic rings. The third kappa shape index (κ3) is 6.17. The Hall–Kier alpha value is -3.15. The predicted molar refractivity (Wildman–Crippen MR) is 115 cm³/mol. The van der Waals surface area contributed by atoms with Gasteiger partial charge in [0.1, 0.15) is 0 Å². The topological polar surface area (TPSA) is 84.5 Å². The molecular formula is C24H28N2O4. The molecule has 2 amide bonds. The fraction of sp³-hybridized carbons (Fsp3) is 0.375. The first kappa shape index (κ1) is 21.6. The summed E-state index contributed by atoms with van der Waals surface area (Å²) in [7, 11) is 0. The number of carbonyl (C=O) groups excluding carboxylic acids is 3. The lowest BCUT2D eigenvalue weighted by Gasteiger charge is -2.20. The number of amides is 2. The maximum Gasteiger partial charge on any atom is 0.308 e. The summed E-state index contributed by atoms with van der Waals surface area (Å²) in [6, 6.07) is 13.9. The minimum atomic E-state index is -0.501. The van der Waals surface area contributed by atoms with Crippen LogP contribution in [0, 0.1) is 12.8 Å². The standard InChI is InChI=1S/C24H28N2O4/c1-15(2)30-22(27)14-21(17-6-4-16(3)5-7-17)26-24(29)19-10-12-20(13-11-19)25-23(28)18-8-9-18/h4-7,10-13,15,18,21H,8-9,14H2,1-3H3,(H,25,28)(H,26,29). The van der Waals surface area contributed by atoms with E-state index < -0.39 is 6.04 Å². The maximum atomic E-state index is 12.8. The molecule has 2 aromatic carbocycles. The molecule has 1 atom stereocenters. The second kappa shape index (κ2) is 9.57. The van der Waals surface area contributed by atoms with Crippen molar-refractivity contribution in [2.45, 2.75) is 52.2 Å². The summed E-state index contributed by atoms with van der Waals surface area (Å²) in [6.45, 7) is 5.57. The molecule has 6 heteroatoms. The van der Waals surface area contributed by atoms with Gasteiger partial charge in [-0.3, -0.25) is 14.4 Å². The minimum absolute atomic E-state index is 0.0234. The third-order valence-electron chi connectivity index (χ3n) is 4.89. The molecule has 1 saturated carbocycles. The van der Waals surface area contributed by atoms with Gasteiger partial charge in [0, 0.05) is 17.2 Å². The van der Waals surface area contributed by atoms with Crippen LogP contribution in [0.25, 0.3) is 0 Å². The van der Waals surface area contributed by atoms with Gasteiger partial charge in [-0.2, -0.15) is 0 Å². The van der Waals surface area contributed by atoms with E-state index in [1.807, 2.05) is 31.2 Å². The van der Waals surface area contributed by atoms with Gasteiger partial charge in [0.25, 0.3) is 5.91 Å². The highest BCUT2D eigenvalue weighted by Gasteiger charge is 2.29. The van der Waals surface area contributed by atoms with E-state index in [1.165, 1.54) is 0 Å². The van der Waals surface area contributed by atoms with Crippen molar-refractivity contribution in [1.82, 2.24) is 5.32 Å².